The van der Waals surface area contributed by atoms with Crippen LogP contribution in [0.5, 0.6) is 5.75 Å². The molecule has 1 aliphatic heterocycles. The van der Waals surface area contributed by atoms with Gasteiger partial charge < -0.3 is 19.7 Å². The molecule has 0 aliphatic carbocycles. The van der Waals surface area contributed by atoms with Crippen LogP contribution in [-0.2, 0) is 11.3 Å². The summed E-state index contributed by atoms with van der Waals surface area (Å²) in [6.45, 7) is 2.75. The zero-order valence-corrected chi connectivity index (χ0v) is 21.2. The Morgan fingerprint density at radius 1 is 0.842 bits per heavy atom. The molecule has 2 atom stereocenters. The van der Waals surface area contributed by atoms with Gasteiger partial charge in [0.1, 0.15) is 24.5 Å². The lowest BCUT2D eigenvalue weighted by atomic mass is 10.0. The number of imidazole rings is 1. The summed E-state index contributed by atoms with van der Waals surface area (Å²) < 4.78 is 12.7. The number of hydrogen-bond donors (Lipinski definition) is 2. The van der Waals surface area contributed by atoms with Crippen LogP contribution < -0.4 is 4.74 Å². The number of fused-ring (bicyclic) bond motifs is 2. The zero-order valence-electron chi connectivity index (χ0n) is 21.2. The van der Waals surface area contributed by atoms with Gasteiger partial charge in [-0.25, -0.2) is 9.97 Å². The summed E-state index contributed by atoms with van der Waals surface area (Å²) in [6.07, 6.45) is 0.469. The van der Waals surface area contributed by atoms with Crippen LogP contribution in [0.3, 0.4) is 0 Å². The molecule has 3 aromatic carbocycles. The van der Waals surface area contributed by atoms with Gasteiger partial charge in [0.05, 0.1) is 35.4 Å². The predicted octanol–water partition coefficient (Wildman–Crippen LogP) is 3.80. The molecule has 0 amide bonds. The number of aliphatic hydroxyl groups is 2. The number of aliphatic hydroxyl groups excluding tert-OH is 2. The summed E-state index contributed by atoms with van der Waals surface area (Å²) in [5.41, 5.74) is 6.13. The van der Waals surface area contributed by atoms with E-state index in [9.17, 15) is 10.2 Å². The number of rotatable bonds is 8. The van der Waals surface area contributed by atoms with E-state index in [1.165, 1.54) is 0 Å². The van der Waals surface area contributed by atoms with Crippen LogP contribution in [0.15, 0.2) is 79.1 Å². The average molecular weight is 511 g/mol. The lowest BCUT2D eigenvalue weighted by Crippen LogP contribution is -2.22. The van der Waals surface area contributed by atoms with Crippen molar-refractivity contribution in [2.45, 2.75) is 18.8 Å². The van der Waals surface area contributed by atoms with Crippen LogP contribution in [0.25, 0.3) is 38.9 Å². The molecule has 1 aliphatic rings. The van der Waals surface area contributed by atoms with Crippen LogP contribution in [-0.4, -0.2) is 75.3 Å². The van der Waals surface area contributed by atoms with Crippen LogP contribution in [0, 0.1) is 0 Å². The summed E-state index contributed by atoms with van der Waals surface area (Å²) in [7, 11) is 1.65. The van der Waals surface area contributed by atoms with E-state index in [0.29, 0.717) is 32.8 Å². The Morgan fingerprint density at radius 3 is 2.42 bits per heavy atom. The average Bonchev–Trinajstić information content (AvgIpc) is 3.50. The molecule has 8 heteroatoms. The van der Waals surface area contributed by atoms with Gasteiger partial charge in [-0.3, -0.25) is 9.47 Å². The molecule has 1 saturated heterocycles. The van der Waals surface area contributed by atoms with Gasteiger partial charge in [0.25, 0.3) is 0 Å². The molecule has 38 heavy (non-hydrogen) atoms. The number of benzene rings is 3. The molecule has 5 aromatic rings. The quantitative estimate of drug-likeness (QED) is 0.307. The molecule has 3 heterocycles. The highest BCUT2D eigenvalue weighted by molar-refractivity contribution is 5.86. The minimum Gasteiger partial charge on any atom is -0.491 e. The second kappa shape index (κ2) is 10.5. The Bertz CT molecular complexity index is 1560. The van der Waals surface area contributed by atoms with E-state index in [-0.39, 0.29) is 0 Å². The molecule has 2 N–H and O–H groups in total. The van der Waals surface area contributed by atoms with Crippen molar-refractivity contribution in [1.29, 1.82) is 0 Å². The third kappa shape index (κ3) is 4.99. The van der Waals surface area contributed by atoms with Crippen molar-refractivity contribution < 1.29 is 19.7 Å². The number of pyridine rings is 1. The van der Waals surface area contributed by atoms with Gasteiger partial charge in [0.15, 0.2) is 0 Å². The summed E-state index contributed by atoms with van der Waals surface area (Å²) in [5, 5.41) is 20.6. The molecule has 0 radical (unpaired) electrons. The van der Waals surface area contributed by atoms with Crippen LogP contribution in [0.1, 0.15) is 5.56 Å². The monoisotopic (exact) mass is 510 g/mol. The number of nitrogens with zero attached hydrogens (tertiary/aromatic N) is 4. The fourth-order valence-electron chi connectivity index (χ4n) is 4.97. The lowest BCUT2D eigenvalue weighted by molar-refractivity contribution is 0.0572. The highest BCUT2D eigenvalue weighted by Gasteiger charge is 2.29. The Hall–Kier alpha value is -3.82. The highest BCUT2D eigenvalue weighted by atomic mass is 16.5. The SMILES string of the molecule is COCCOc1ccc2c(c1)ncn2-c1ccc2cc(-c3ccc(CN4C[C@@H](O)[C@H](O)C4)cc3)ccc2n1. The minimum absolute atomic E-state index is 0.496. The van der Waals surface area contributed by atoms with Gasteiger partial charge in [-0.15, -0.1) is 0 Å². The molecule has 194 valence electrons. The van der Waals surface area contributed by atoms with Crippen molar-refractivity contribution in [3.8, 4) is 22.7 Å². The fourth-order valence-corrected chi connectivity index (χ4v) is 4.97. The largest absolute Gasteiger partial charge is 0.491 e. The van der Waals surface area contributed by atoms with E-state index in [4.69, 9.17) is 14.5 Å². The second-order valence-electron chi connectivity index (χ2n) is 9.71. The number of hydrogen-bond acceptors (Lipinski definition) is 7. The van der Waals surface area contributed by atoms with Crippen LogP contribution >= 0.6 is 0 Å². The molecule has 0 saturated carbocycles. The maximum Gasteiger partial charge on any atom is 0.139 e. The first-order valence-electron chi connectivity index (χ1n) is 12.8. The van der Waals surface area contributed by atoms with E-state index in [1.807, 2.05) is 28.8 Å². The van der Waals surface area contributed by atoms with Crippen molar-refractivity contribution in [2.24, 2.45) is 0 Å². The Kier molecular flexibility index (Phi) is 6.78. The van der Waals surface area contributed by atoms with E-state index in [2.05, 4.69) is 58.4 Å². The number of ether oxygens (including phenoxy) is 2. The third-order valence-electron chi connectivity index (χ3n) is 7.02. The lowest BCUT2D eigenvalue weighted by Gasteiger charge is -2.15. The zero-order chi connectivity index (χ0) is 26.1. The van der Waals surface area contributed by atoms with Crippen molar-refractivity contribution in [2.75, 3.05) is 33.4 Å². The Balaban J connectivity index is 1.20. The van der Waals surface area contributed by atoms with Crippen molar-refractivity contribution in [3.05, 3.63) is 84.7 Å². The van der Waals surface area contributed by atoms with E-state index < -0.39 is 12.2 Å². The van der Waals surface area contributed by atoms with E-state index >= 15 is 0 Å². The number of likely N-dealkylation sites (tertiary alicyclic amines) is 1. The van der Waals surface area contributed by atoms with Gasteiger partial charge in [-0.1, -0.05) is 30.3 Å². The summed E-state index contributed by atoms with van der Waals surface area (Å²) in [6, 6.07) is 24.7. The predicted molar refractivity (Wildman–Crippen MR) is 146 cm³/mol. The maximum absolute atomic E-state index is 9.78. The first-order valence-corrected chi connectivity index (χ1v) is 12.8. The summed E-state index contributed by atoms with van der Waals surface area (Å²) in [4.78, 5) is 11.5. The van der Waals surface area contributed by atoms with Gasteiger partial charge in [-0.2, -0.15) is 0 Å². The van der Waals surface area contributed by atoms with Crippen molar-refractivity contribution in [3.63, 3.8) is 0 Å². The first kappa shape index (κ1) is 24.5. The van der Waals surface area contributed by atoms with Crippen molar-refractivity contribution >= 4 is 21.9 Å². The van der Waals surface area contributed by atoms with Crippen molar-refractivity contribution in [1.82, 2.24) is 19.4 Å². The normalized spacial score (nSPS) is 18.0. The molecule has 2 aromatic heterocycles. The second-order valence-corrected chi connectivity index (χ2v) is 9.71. The molecule has 0 bridgehead atoms. The fraction of sp³-hybridized carbons (Fsp3) is 0.267. The highest BCUT2D eigenvalue weighted by Crippen LogP contribution is 2.27. The molecular formula is C30H30N4O4. The van der Waals surface area contributed by atoms with Crippen LogP contribution in [0.2, 0.25) is 0 Å². The molecular weight excluding hydrogens is 480 g/mol. The molecule has 0 unspecified atom stereocenters. The first-order chi connectivity index (χ1) is 18.6. The topological polar surface area (TPSA) is 92.9 Å². The molecule has 0 spiro atoms. The minimum atomic E-state index is -0.660. The smallest absolute Gasteiger partial charge is 0.139 e. The molecule has 8 nitrogen and oxygen atoms in total. The maximum atomic E-state index is 9.78. The summed E-state index contributed by atoms with van der Waals surface area (Å²) in [5.74, 6) is 1.57. The van der Waals surface area contributed by atoms with E-state index in [0.717, 1.165) is 50.2 Å². The van der Waals surface area contributed by atoms with Gasteiger partial charge in [0.2, 0.25) is 0 Å². The van der Waals surface area contributed by atoms with Gasteiger partial charge in [0, 0.05) is 38.2 Å². The van der Waals surface area contributed by atoms with E-state index in [1.54, 1.807) is 13.4 Å². The Morgan fingerprint density at radius 2 is 1.63 bits per heavy atom. The van der Waals surface area contributed by atoms with Gasteiger partial charge in [-0.05, 0) is 53.1 Å². The number of methoxy groups -OCH3 is 1. The van der Waals surface area contributed by atoms with Gasteiger partial charge >= 0.3 is 0 Å². The number of β-amino-alcohol motifs (C(OH)–C–C–N with tert-alkyl or cyclic N) is 2. The standard InChI is InChI=1S/C30H30N4O4/c1-37-12-13-38-24-8-10-27-26(15-24)31-19-34(27)30-11-7-23-14-22(6-9-25(23)32-30)21-4-2-20(3-5-21)16-33-17-28(35)29(36)18-33/h2-11,14-15,19,28-29,35-36H,12-13,16-18H2,1H3/t28-,29-/m1/s1. The third-order valence-corrected chi connectivity index (χ3v) is 7.02. The van der Waals surface area contributed by atoms with Crippen LogP contribution in [0.4, 0.5) is 0 Å². The summed E-state index contributed by atoms with van der Waals surface area (Å²) >= 11 is 0. The number of aromatic nitrogens is 3. The Labute approximate surface area is 220 Å². The molecule has 1 fully saturated rings. The molecule has 6 rings (SSSR count).